The van der Waals surface area contributed by atoms with Gasteiger partial charge in [0, 0.05) is 49.4 Å². The van der Waals surface area contributed by atoms with Crippen molar-refractivity contribution in [3.8, 4) is 11.3 Å². The molecule has 0 bridgehead atoms. The van der Waals surface area contributed by atoms with Crippen LogP contribution < -0.4 is 20.9 Å². The number of rotatable bonds is 5. The van der Waals surface area contributed by atoms with Gasteiger partial charge in [-0.1, -0.05) is 0 Å². The normalized spacial score (nSPS) is 21.1. The van der Waals surface area contributed by atoms with Gasteiger partial charge in [0.25, 0.3) is 11.8 Å². The summed E-state index contributed by atoms with van der Waals surface area (Å²) in [6.07, 6.45) is 0.934. The van der Waals surface area contributed by atoms with Crippen molar-refractivity contribution in [1.82, 2.24) is 35.5 Å². The average molecular weight is 487 g/mol. The fourth-order valence-electron chi connectivity index (χ4n) is 3.98. The maximum Gasteiger partial charge on any atom is 0.273 e. The van der Waals surface area contributed by atoms with Crippen LogP contribution in [-0.4, -0.2) is 61.9 Å². The number of pyridine rings is 1. The van der Waals surface area contributed by atoms with Gasteiger partial charge in [-0.05, 0) is 13.0 Å². The predicted octanol–water partition coefficient (Wildman–Crippen LogP) is 1.87. The molecule has 0 unspecified atom stereocenters. The number of carbonyl (C=O) groups excluding carboxylic acids is 2. The molecule has 0 radical (unpaired) electrons. The molecule has 12 nitrogen and oxygen atoms in total. The topological polar surface area (TPSA) is 143 Å². The Labute approximate surface area is 202 Å². The standard InChI is InChI=1S/C21H22F2N10O2/c1-9-14-15(31-33(4)30-14)10-5-6-25-18(17(10)32(9)3)26-12-7-13(28-29-16(12)20(35)24-2)27-19(34)11-8-21(11,22)23/h5-7,9,11H,8H2,1-4H3,(H,24,35)(H2,25,26,27,28,34)/t9-,11-/m1/s1/i2D3. The number of halogens is 2. The Bertz CT molecular complexity index is 1460. The van der Waals surface area contributed by atoms with Crippen molar-refractivity contribution < 1.29 is 22.5 Å². The van der Waals surface area contributed by atoms with E-state index < -0.39 is 42.7 Å². The average Bonchev–Trinajstić information content (AvgIpc) is 3.28. The summed E-state index contributed by atoms with van der Waals surface area (Å²) in [6, 6.07) is 2.76. The van der Waals surface area contributed by atoms with E-state index in [1.807, 2.05) is 24.2 Å². The lowest BCUT2D eigenvalue weighted by molar-refractivity contribution is -0.119. The van der Waals surface area contributed by atoms with Gasteiger partial charge in [0.1, 0.15) is 17.3 Å². The number of anilines is 4. The van der Waals surface area contributed by atoms with Crippen LogP contribution in [0.4, 0.5) is 31.8 Å². The van der Waals surface area contributed by atoms with E-state index in [0.29, 0.717) is 16.9 Å². The Balaban J connectivity index is 1.55. The molecule has 2 atom stereocenters. The minimum Gasteiger partial charge on any atom is -0.363 e. The Kier molecular flexibility index (Phi) is 4.33. The first-order valence-corrected chi connectivity index (χ1v) is 10.5. The summed E-state index contributed by atoms with van der Waals surface area (Å²) in [5.74, 6) is -6.56. The Morgan fingerprint density at radius 1 is 1.26 bits per heavy atom. The number of hydrogen-bond acceptors (Lipinski definition) is 9. The number of carbonyl (C=O) groups is 2. The van der Waals surface area contributed by atoms with Crippen molar-refractivity contribution in [3.05, 3.63) is 29.7 Å². The number of aromatic nitrogens is 6. The van der Waals surface area contributed by atoms with E-state index in [-0.39, 0.29) is 23.4 Å². The summed E-state index contributed by atoms with van der Waals surface area (Å²) < 4.78 is 48.7. The molecule has 2 aliphatic rings. The molecule has 4 heterocycles. The molecule has 3 aromatic rings. The molecule has 5 rings (SSSR count). The van der Waals surface area contributed by atoms with E-state index in [2.05, 4.69) is 36.0 Å². The van der Waals surface area contributed by atoms with Crippen LogP contribution >= 0.6 is 0 Å². The highest BCUT2D eigenvalue weighted by molar-refractivity contribution is 6.00. The van der Waals surface area contributed by atoms with Crippen molar-refractivity contribution in [2.75, 3.05) is 29.6 Å². The maximum atomic E-state index is 13.3. The Morgan fingerprint density at radius 3 is 2.74 bits per heavy atom. The lowest BCUT2D eigenvalue weighted by Gasteiger charge is -2.33. The lowest BCUT2D eigenvalue weighted by atomic mass is 9.99. The zero-order valence-electron chi connectivity index (χ0n) is 21.8. The van der Waals surface area contributed by atoms with E-state index in [9.17, 15) is 18.4 Å². The van der Waals surface area contributed by atoms with E-state index in [1.54, 1.807) is 13.1 Å². The fourth-order valence-corrected chi connectivity index (χ4v) is 3.98. The summed E-state index contributed by atoms with van der Waals surface area (Å²) in [6.45, 7) is -0.888. The molecule has 1 saturated carbocycles. The molecule has 0 saturated heterocycles. The number of amides is 2. The zero-order valence-corrected chi connectivity index (χ0v) is 18.8. The largest absolute Gasteiger partial charge is 0.363 e. The van der Waals surface area contributed by atoms with Gasteiger partial charge in [0.15, 0.2) is 17.3 Å². The number of hydrogen-bond donors (Lipinski definition) is 3. The molecule has 182 valence electrons. The second-order valence-corrected chi connectivity index (χ2v) is 8.34. The second-order valence-electron chi connectivity index (χ2n) is 8.34. The van der Waals surface area contributed by atoms with Crippen molar-refractivity contribution in [1.29, 1.82) is 0 Å². The van der Waals surface area contributed by atoms with Crippen molar-refractivity contribution in [2.45, 2.75) is 25.3 Å². The minimum atomic E-state index is -3.09. The third-order valence-corrected chi connectivity index (χ3v) is 6.02. The van der Waals surface area contributed by atoms with Crippen LogP contribution in [0.1, 0.15) is 39.7 Å². The van der Waals surface area contributed by atoms with Gasteiger partial charge in [-0.3, -0.25) is 9.59 Å². The van der Waals surface area contributed by atoms with Crippen molar-refractivity contribution in [2.24, 2.45) is 13.0 Å². The van der Waals surface area contributed by atoms with Crippen LogP contribution in [0.5, 0.6) is 0 Å². The number of alkyl halides is 2. The van der Waals surface area contributed by atoms with Crippen molar-refractivity contribution >= 4 is 34.8 Å². The second kappa shape index (κ2) is 7.92. The minimum absolute atomic E-state index is 0.0634. The van der Waals surface area contributed by atoms with Gasteiger partial charge in [0.05, 0.1) is 17.4 Å². The molecule has 0 spiro atoms. The highest BCUT2D eigenvalue weighted by Crippen LogP contribution is 2.49. The van der Waals surface area contributed by atoms with Crippen LogP contribution in [0.15, 0.2) is 18.3 Å². The zero-order chi connectivity index (χ0) is 27.6. The number of nitrogens with zero attached hydrogens (tertiary/aromatic N) is 7. The predicted molar refractivity (Wildman–Crippen MR) is 121 cm³/mol. The molecular weight excluding hydrogens is 462 g/mol. The van der Waals surface area contributed by atoms with Crippen molar-refractivity contribution in [3.63, 3.8) is 0 Å². The molecule has 1 aliphatic carbocycles. The highest BCUT2D eigenvalue weighted by atomic mass is 19.3. The van der Waals surface area contributed by atoms with Gasteiger partial charge >= 0.3 is 0 Å². The van der Waals surface area contributed by atoms with E-state index in [0.717, 1.165) is 5.69 Å². The van der Waals surface area contributed by atoms with Gasteiger partial charge in [0.2, 0.25) is 5.91 Å². The third kappa shape index (κ3) is 3.80. The SMILES string of the molecule is [2H]C([2H])([2H])NC(=O)c1nnc(NC(=O)[C@H]2CC2(F)F)cc1Nc1nccc2c1N(C)[C@H](C)c1nn(C)nc1-2. The fraction of sp³-hybridized carbons (Fsp3) is 0.381. The molecule has 3 N–H and O–H groups in total. The Morgan fingerprint density at radius 2 is 2.03 bits per heavy atom. The van der Waals surface area contributed by atoms with Crippen LogP contribution in [0.3, 0.4) is 0 Å². The first kappa shape index (κ1) is 19.1. The summed E-state index contributed by atoms with van der Waals surface area (Å²) in [4.78, 5) is 32.7. The van der Waals surface area contributed by atoms with Crippen LogP contribution in [0.2, 0.25) is 0 Å². The van der Waals surface area contributed by atoms with E-state index >= 15 is 0 Å². The Hall–Kier alpha value is -4.23. The molecule has 35 heavy (non-hydrogen) atoms. The lowest BCUT2D eigenvalue weighted by Crippen LogP contribution is -2.28. The smallest absolute Gasteiger partial charge is 0.273 e. The van der Waals surface area contributed by atoms with Gasteiger partial charge in [-0.25, -0.2) is 13.8 Å². The molecule has 14 heteroatoms. The molecule has 1 aliphatic heterocycles. The molecule has 1 fully saturated rings. The quantitative estimate of drug-likeness (QED) is 0.491. The van der Waals surface area contributed by atoms with Gasteiger partial charge < -0.3 is 20.9 Å². The van der Waals surface area contributed by atoms with Crippen LogP contribution in [0.25, 0.3) is 11.3 Å². The molecule has 3 aromatic heterocycles. The number of nitrogens with one attached hydrogen (secondary N) is 3. The van der Waals surface area contributed by atoms with Crippen LogP contribution in [0, 0.1) is 5.92 Å². The molecular formula is C21H22F2N10O2. The number of fused-ring (bicyclic) bond motifs is 3. The first-order chi connectivity index (χ1) is 17.7. The van der Waals surface area contributed by atoms with Gasteiger partial charge in [-0.2, -0.15) is 15.0 Å². The summed E-state index contributed by atoms with van der Waals surface area (Å²) in [7, 11) is 3.53. The van der Waals surface area contributed by atoms with E-state index in [4.69, 9.17) is 4.11 Å². The van der Waals surface area contributed by atoms with Crippen LogP contribution in [-0.2, 0) is 11.8 Å². The third-order valence-electron chi connectivity index (χ3n) is 6.02. The summed E-state index contributed by atoms with van der Waals surface area (Å²) in [5, 5.41) is 23.5. The maximum absolute atomic E-state index is 13.3. The monoisotopic (exact) mass is 487 g/mol. The molecule has 2 amide bonds. The summed E-state index contributed by atoms with van der Waals surface area (Å²) >= 11 is 0. The number of aryl methyl sites for hydroxylation is 1. The summed E-state index contributed by atoms with van der Waals surface area (Å²) in [5.41, 5.74) is 2.23. The molecule has 0 aromatic carbocycles. The highest BCUT2D eigenvalue weighted by Gasteiger charge is 2.61. The van der Waals surface area contributed by atoms with E-state index in [1.165, 1.54) is 17.1 Å². The van der Waals surface area contributed by atoms with Gasteiger partial charge in [-0.15, -0.1) is 10.2 Å². The first-order valence-electron chi connectivity index (χ1n) is 12.0.